The summed E-state index contributed by atoms with van der Waals surface area (Å²) in [6.07, 6.45) is 1.95. The number of nitrogens with one attached hydrogen (secondary N) is 2. The molecule has 1 saturated heterocycles. The monoisotopic (exact) mass is 347 g/mol. The van der Waals surface area contributed by atoms with Gasteiger partial charge < -0.3 is 21.1 Å². The van der Waals surface area contributed by atoms with E-state index < -0.39 is 0 Å². The first-order valence-corrected chi connectivity index (χ1v) is 8.76. The predicted molar refractivity (Wildman–Crippen MR) is 99.7 cm³/mol. The summed E-state index contributed by atoms with van der Waals surface area (Å²) in [6, 6.07) is 10.1. The number of ether oxygens (including phenoxy) is 1. The minimum atomic E-state index is -0.267. The van der Waals surface area contributed by atoms with Gasteiger partial charge in [-0.25, -0.2) is 0 Å². The number of nitrogens with zero attached hydrogens (tertiary/aromatic N) is 2. The fraction of sp³-hybridized carbons (Fsp3) is 0.556. The summed E-state index contributed by atoms with van der Waals surface area (Å²) in [7, 11) is 1.76. The number of para-hydroxylation sites is 1. The average molecular weight is 347 g/mol. The Labute approximate surface area is 149 Å². The molecule has 1 fully saturated rings. The van der Waals surface area contributed by atoms with Crippen molar-refractivity contribution in [1.29, 1.82) is 0 Å². The summed E-state index contributed by atoms with van der Waals surface area (Å²) in [4.78, 5) is 17.3. The number of rotatable bonds is 7. The molecule has 2 rings (SSSR count). The zero-order valence-corrected chi connectivity index (χ0v) is 15.1. The van der Waals surface area contributed by atoms with E-state index in [0.717, 1.165) is 37.6 Å². The van der Waals surface area contributed by atoms with Gasteiger partial charge in [-0.15, -0.1) is 0 Å². The van der Waals surface area contributed by atoms with Crippen molar-refractivity contribution in [3.63, 3.8) is 0 Å². The van der Waals surface area contributed by atoms with E-state index in [1.165, 1.54) is 0 Å². The molecule has 1 aliphatic heterocycles. The molecular formula is C18H29N5O2. The molecule has 1 aliphatic rings. The van der Waals surface area contributed by atoms with E-state index in [1.807, 2.05) is 37.3 Å². The van der Waals surface area contributed by atoms with Gasteiger partial charge in [-0.2, -0.15) is 0 Å². The Morgan fingerprint density at radius 3 is 2.64 bits per heavy atom. The quantitative estimate of drug-likeness (QED) is 0.495. The van der Waals surface area contributed by atoms with Crippen LogP contribution in [0.1, 0.15) is 19.8 Å². The third-order valence-electron chi connectivity index (χ3n) is 4.17. The number of amides is 1. The van der Waals surface area contributed by atoms with Crippen LogP contribution in [-0.2, 0) is 4.79 Å². The van der Waals surface area contributed by atoms with Gasteiger partial charge in [0.1, 0.15) is 11.9 Å². The Balaban J connectivity index is 1.69. The van der Waals surface area contributed by atoms with Crippen molar-refractivity contribution in [2.45, 2.75) is 31.9 Å². The first-order valence-electron chi connectivity index (χ1n) is 8.76. The van der Waals surface area contributed by atoms with E-state index in [0.29, 0.717) is 19.1 Å². The minimum absolute atomic E-state index is 0.0263. The number of piperidine rings is 1. The normalized spacial score (nSPS) is 17.8. The van der Waals surface area contributed by atoms with Crippen LogP contribution in [0.2, 0.25) is 0 Å². The number of benzene rings is 1. The molecule has 0 spiro atoms. The third kappa shape index (κ3) is 7.01. The van der Waals surface area contributed by atoms with E-state index in [4.69, 9.17) is 10.5 Å². The number of likely N-dealkylation sites (tertiary alicyclic amines) is 1. The molecule has 0 bridgehead atoms. The lowest BCUT2D eigenvalue weighted by molar-refractivity contribution is -0.119. The van der Waals surface area contributed by atoms with Gasteiger partial charge in [-0.3, -0.25) is 14.7 Å². The second kappa shape index (κ2) is 9.88. The third-order valence-corrected chi connectivity index (χ3v) is 4.17. The SMILES string of the molecule is CN=C(NCC(C)Oc1ccccc1)NC1CCN(CC(N)=O)CC1. The van der Waals surface area contributed by atoms with Gasteiger partial charge in [-0.1, -0.05) is 18.2 Å². The highest BCUT2D eigenvalue weighted by molar-refractivity contribution is 5.80. The maximum atomic E-state index is 11.0. The first-order chi connectivity index (χ1) is 12.1. The number of primary amides is 1. The molecule has 1 amide bonds. The van der Waals surface area contributed by atoms with Crippen LogP contribution in [0.15, 0.2) is 35.3 Å². The molecule has 0 aliphatic carbocycles. The van der Waals surface area contributed by atoms with E-state index in [2.05, 4.69) is 20.5 Å². The number of aliphatic imine (C=N–C) groups is 1. The van der Waals surface area contributed by atoms with Gasteiger partial charge in [0.25, 0.3) is 0 Å². The fourth-order valence-corrected chi connectivity index (χ4v) is 2.86. The van der Waals surface area contributed by atoms with Crippen LogP contribution in [0.4, 0.5) is 0 Å². The second-order valence-electron chi connectivity index (χ2n) is 6.36. The fourth-order valence-electron chi connectivity index (χ4n) is 2.86. The van der Waals surface area contributed by atoms with Crippen LogP contribution in [0, 0.1) is 0 Å². The van der Waals surface area contributed by atoms with Gasteiger partial charge in [0.15, 0.2) is 5.96 Å². The van der Waals surface area contributed by atoms with Gasteiger partial charge in [0.05, 0.1) is 13.1 Å². The number of hydrogen-bond acceptors (Lipinski definition) is 4. The molecule has 25 heavy (non-hydrogen) atoms. The standard InChI is InChI=1S/C18H29N5O2/c1-14(25-16-6-4-3-5-7-16)12-21-18(20-2)22-15-8-10-23(11-9-15)13-17(19)24/h3-7,14-15H,8-13H2,1-2H3,(H2,19,24)(H2,20,21,22). The molecule has 7 heteroatoms. The van der Waals surface area contributed by atoms with Gasteiger partial charge in [0, 0.05) is 26.2 Å². The zero-order chi connectivity index (χ0) is 18.1. The highest BCUT2D eigenvalue weighted by Crippen LogP contribution is 2.11. The lowest BCUT2D eigenvalue weighted by Gasteiger charge is -2.32. The summed E-state index contributed by atoms with van der Waals surface area (Å²) in [5, 5.41) is 6.75. The predicted octanol–water partition coefficient (Wildman–Crippen LogP) is 0.569. The average Bonchev–Trinajstić information content (AvgIpc) is 2.60. The molecule has 0 aromatic heterocycles. The zero-order valence-electron chi connectivity index (χ0n) is 15.1. The summed E-state index contributed by atoms with van der Waals surface area (Å²) in [6.45, 7) is 4.76. The van der Waals surface area contributed by atoms with E-state index >= 15 is 0 Å². The van der Waals surface area contributed by atoms with Crippen LogP contribution >= 0.6 is 0 Å². The molecule has 0 saturated carbocycles. The second-order valence-corrected chi connectivity index (χ2v) is 6.36. The van der Waals surface area contributed by atoms with Crippen molar-refractivity contribution in [2.75, 3.05) is 33.2 Å². The lowest BCUT2D eigenvalue weighted by atomic mass is 10.1. The molecule has 7 nitrogen and oxygen atoms in total. The molecule has 1 aromatic carbocycles. The largest absolute Gasteiger partial charge is 0.489 e. The Kier molecular flexibility index (Phi) is 7.53. The van der Waals surface area contributed by atoms with E-state index in [-0.39, 0.29) is 12.0 Å². The molecule has 138 valence electrons. The number of hydrogen-bond donors (Lipinski definition) is 3. The van der Waals surface area contributed by atoms with Crippen molar-refractivity contribution in [3.05, 3.63) is 30.3 Å². The van der Waals surface area contributed by atoms with E-state index in [9.17, 15) is 4.79 Å². The Hall–Kier alpha value is -2.28. The van der Waals surface area contributed by atoms with Gasteiger partial charge in [-0.05, 0) is 31.9 Å². The summed E-state index contributed by atoms with van der Waals surface area (Å²) >= 11 is 0. The summed E-state index contributed by atoms with van der Waals surface area (Å²) in [5.74, 6) is 1.37. The van der Waals surface area contributed by atoms with Gasteiger partial charge >= 0.3 is 0 Å². The van der Waals surface area contributed by atoms with Crippen LogP contribution < -0.4 is 21.1 Å². The summed E-state index contributed by atoms with van der Waals surface area (Å²) in [5.41, 5.74) is 5.25. The number of carbonyl (C=O) groups excluding carboxylic acids is 1. The van der Waals surface area contributed by atoms with Crippen molar-refractivity contribution in [2.24, 2.45) is 10.7 Å². The lowest BCUT2D eigenvalue weighted by Crippen LogP contribution is -2.50. The maximum absolute atomic E-state index is 11.0. The molecule has 1 unspecified atom stereocenters. The van der Waals surface area contributed by atoms with Crippen molar-refractivity contribution >= 4 is 11.9 Å². The topological polar surface area (TPSA) is 92.0 Å². The highest BCUT2D eigenvalue weighted by Gasteiger charge is 2.20. The molecule has 0 radical (unpaired) electrons. The smallest absolute Gasteiger partial charge is 0.231 e. The Morgan fingerprint density at radius 1 is 1.36 bits per heavy atom. The molecule has 1 atom stereocenters. The molecule has 4 N–H and O–H groups in total. The van der Waals surface area contributed by atoms with Crippen molar-refractivity contribution in [3.8, 4) is 5.75 Å². The minimum Gasteiger partial charge on any atom is -0.489 e. The molecule has 1 heterocycles. The van der Waals surface area contributed by atoms with Crippen molar-refractivity contribution < 1.29 is 9.53 Å². The van der Waals surface area contributed by atoms with Crippen molar-refractivity contribution in [1.82, 2.24) is 15.5 Å². The Bertz CT molecular complexity index is 556. The van der Waals surface area contributed by atoms with E-state index in [1.54, 1.807) is 7.05 Å². The van der Waals surface area contributed by atoms with Gasteiger partial charge in [0.2, 0.25) is 5.91 Å². The number of carbonyl (C=O) groups is 1. The first kappa shape index (κ1) is 19.1. The molecule has 1 aromatic rings. The number of guanidine groups is 1. The Morgan fingerprint density at radius 2 is 2.04 bits per heavy atom. The summed E-state index contributed by atoms with van der Waals surface area (Å²) < 4.78 is 5.85. The van der Waals surface area contributed by atoms with Crippen LogP contribution in [0.3, 0.4) is 0 Å². The van der Waals surface area contributed by atoms with Crippen LogP contribution in [-0.4, -0.2) is 62.1 Å². The highest BCUT2D eigenvalue weighted by atomic mass is 16.5. The van der Waals surface area contributed by atoms with Crippen LogP contribution in [0.25, 0.3) is 0 Å². The van der Waals surface area contributed by atoms with Crippen LogP contribution in [0.5, 0.6) is 5.75 Å². The molecular weight excluding hydrogens is 318 g/mol. The maximum Gasteiger partial charge on any atom is 0.231 e. The number of nitrogens with two attached hydrogens (primary N) is 1.